The summed E-state index contributed by atoms with van der Waals surface area (Å²) in [6.07, 6.45) is 0.616. The van der Waals surface area contributed by atoms with E-state index in [2.05, 4.69) is 10.1 Å². The molecule has 2 aromatic heterocycles. The summed E-state index contributed by atoms with van der Waals surface area (Å²) in [5, 5.41) is 3.86. The molecule has 2 heterocycles. The van der Waals surface area contributed by atoms with Crippen LogP contribution in [0.15, 0.2) is 27.1 Å². The van der Waals surface area contributed by atoms with Crippen molar-refractivity contribution in [2.75, 3.05) is 0 Å². The van der Waals surface area contributed by atoms with E-state index >= 15 is 0 Å². The van der Waals surface area contributed by atoms with Crippen LogP contribution in [0.2, 0.25) is 0 Å². The molecule has 22 heavy (non-hydrogen) atoms. The molecule has 0 aliphatic rings. The molecule has 0 aliphatic carbocycles. The van der Waals surface area contributed by atoms with Gasteiger partial charge in [-0.2, -0.15) is 0 Å². The highest BCUT2D eigenvalue weighted by Crippen LogP contribution is 2.29. The number of hydrogen-bond donors (Lipinski definition) is 0. The van der Waals surface area contributed by atoms with Gasteiger partial charge < -0.3 is 4.52 Å². The summed E-state index contributed by atoms with van der Waals surface area (Å²) in [7, 11) is -3.51. The van der Waals surface area contributed by atoms with Crippen molar-refractivity contribution >= 4 is 31.4 Å². The number of sulfone groups is 1. The normalized spacial score (nSPS) is 12.1. The van der Waals surface area contributed by atoms with E-state index in [1.165, 1.54) is 11.3 Å². The fourth-order valence-electron chi connectivity index (χ4n) is 2.30. The quantitative estimate of drug-likeness (QED) is 0.730. The number of rotatable bonds is 4. The Morgan fingerprint density at radius 2 is 2.05 bits per heavy atom. The molecule has 3 aromatic rings. The molecule has 0 unspecified atom stereocenters. The standard InChI is InChI=1S/C15H16N2O3S2/c1-4-13-11(10(3)17-20-13)8-22(18,19)15-16-12-7-9(2)5-6-14(12)21-15/h5-7H,4,8H2,1-3H3. The molecule has 0 N–H and O–H groups in total. The Bertz CT molecular complexity index is 939. The van der Waals surface area contributed by atoms with Crippen LogP contribution in [0.5, 0.6) is 0 Å². The molecule has 5 nitrogen and oxygen atoms in total. The molecule has 0 saturated carbocycles. The molecule has 0 radical (unpaired) electrons. The Morgan fingerprint density at radius 3 is 2.77 bits per heavy atom. The summed E-state index contributed by atoms with van der Waals surface area (Å²) in [5.74, 6) is 0.502. The second-order valence-electron chi connectivity index (χ2n) is 5.23. The molecule has 0 atom stereocenters. The summed E-state index contributed by atoms with van der Waals surface area (Å²) >= 11 is 1.20. The van der Waals surface area contributed by atoms with Gasteiger partial charge in [-0.05, 0) is 31.5 Å². The summed E-state index contributed by atoms with van der Waals surface area (Å²) in [5.41, 5.74) is 3.06. The van der Waals surface area contributed by atoms with Crippen molar-refractivity contribution < 1.29 is 12.9 Å². The predicted molar refractivity (Wildman–Crippen MR) is 85.9 cm³/mol. The molecule has 1 aromatic carbocycles. The van der Waals surface area contributed by atoms with E-state index in [0.717, 1.165) is 15.8 Å². The van der Waals surface area contributed by atoms with E-state index in [4.69, 9.17) is 4.52 Å². The molecule has 0 bridgehead atoms. The Balaban J connectivity index is 2.02. The van der Waals surface area contributed by atoms with Crippen molar-refractivity contribution in [1.82, 2.24) is 10.1 Å². The van der Waals surface area contributed by atoms with Gasteiger partial charge in [0, 0.05) is 12.0 Å². The van der Waals surface area contributed by atoms with Crippen molar-refractivity contribution in [3.8, 4) is 0 Å². The zero-order chi connectivity index (χ0) is 15.9. The van der Waals surface area contributed by atoms with Crippen LogP contribution in [-0.2, 0) is 22.0 Å². The number of aryl methyl sites for hydroxylation is 3. The number of hydrogen-bond acceptors (Lipinski definition) is 6. The monoisotopic (exact) mass is 336 g/mol. The van der Waals surface area contributed by atoms with Crippen LogP contribution in [0, 0.1) is 13.8 Å². The minimum Gasteiger partial charge on any atom is -0.361 e. The smallest absolute Gasteiger partial charge is 0.210 e. The summed E-state index contributed by atoms with van der Waals surface area (Å²) < 4.78 is 31.5. The maximum Gasteiger partial charge on any atom is 0.210 e. The highest BCUT2D eigenvalue weighted by atomic mass is 32.2. The largest absolute Gasteiger partial charge is 0.361 e. The van der Waals surface area contributed by atoms with Gasteiger partial charge in [0.15, 0.2) is 0 Å². The van der Waals surface area contributed by atoms with Crippen molar-refractivity contribution in [3.63, 3.8) is 0 Å². The van der Waals surface area contributed by atoms with Crippen LogP contribution in [-0.4, -0.2) is 18.6 Å². The van der Waals surface area contributed by atoms with Crippen molar-refractivity contribution in [3.05, 3.63) is 40.8 Å². The van der Waals surface area contributed by atoms with Gasteiger partial charge >= 0.3 is 0 Å². The molecule has 3 rings (SSSR count). The molecule has 0 spiro atoms. The van der Waals surface area contributed by atoms with Crippen LogP contribution in [0.25, 0.3) is 10.2 Å². The number of nitrogens with zero attached hydrogens (tertiary/aromatic N) is 2. The predicted octanol–water partition coefficient (Wildman–Crippen LogP) is 3.44. The van der Waals surface area contributed by atoms with E-state index in [1.807, 2.05) is 32.0 Å². The lowest BCUT2D eigenvalue weighted by molar-refractivity contribution is 0.382. The maximum absolute atomic E-state index is 12.7. The van der Waals surface area contributed by atoms with Gasteiger partial charge in [-0.3, -0.25) is 0 Å². The molecule has 0 aliphatic heterocycles. The SMILES string of the molecule is CCc1onc(C)c1CS(=O)(=O)c1nc2cc(C)ccc2s1. The first kappa shape index (κ1) is 15.2. The number of aromatic nitrogens is 2. The second-order valence-corrected chi connectivity index (χ2v) is 8.43. The molecular formula is C15H16N2O3S2. The van der Waals surface area contributed by atoms with E-state index in [1.54, 1.807) is 6.92 Å². The van der Waals surface area contributed by atoms with Crippen LogP contribution in [0.3, 0.4) is 0 Å². The first-order chi connectivity index (χ1) is 10.4. The van der Waals surface area contributed by atoms with Crippen molar-refractivity contribution in [1.29, 1.82) is 0 Å². The van der Waals surface area contributed by atoms with Gasteiger partial charge in [0.2, 0.25) is 14.2 Å². The second kappa shape index (κ2) is 5.48. The van der Waals surface area contributed by atoms with Gasteiger partial charge in [-0.25, -0.2) is 13.4 Å². The van der Waals surface area contributed by atoms with E-state index in [0.29, 0.717) is 23.4 Å². The third kappa shape index (κ3) is 2.66. The highest BCUT2D eigenvalue weighted by Gasteiger charge is 2.24. The average Bonchev–Trinajstić information content (AvgIpc) is 3.03. The zero-order valence-electron chi connectivity index (χ0n) is 12.6. The molecule has 0 fully saturated rings. The lowest BCUT2D eigenvalue weighted by atomic mass is 10.2. The fraction of sp³-hybridized carbons (Fsp3) is 0.333. The fourth-order valence-corrected chi connectivity index (χ4v) is 5.04. The van der Waals surface area contributed by atoms with Gasteiger partial charge in [0.05, 0.1) is 21.7 Å². The Hall–Kier alpha value is -1.73. The van der Waals surface area contributed by atoms with Crippen LogP contribution >= 0.6 is 11.3 Å². The van der Waals surface area contributed by atoms with Gasteiger partial charge in [0.1, 0.15) is 5.76 Å². The first-order valence-electron chi connectivity index (χ1n) is 6.94. The van der Waals surface area contributed by atoms with Crippen molar-refractivity contribution in [2.45, 2.75) is 37.3 Å². The first-order valence-corrected chi connectivity index (χ1v) is 9.41. The highest BCUT2D eigenvalue weighted by molar-refractivity contribution is 7.92. The van der Waals surface area contributed by atoms with Gasteiger partial charge in [0.25, 0.3) is 0 Å². The van der Waals surface area contributed by atoms with Gasteiger partial charge in [-0.1, -0.05) is 18.1 Å². The molecule has 7 heteroatoms. The number of benzene rings is 1. The van der Waals surface area contributed by atoms with E-state index in [9.17, 15) is 8.42 Å². The molecule has 116 valence electrons. The van der Waals surface area contributed by atoms with Crippen LogP contribution in [0.4, 0.5) is 0 Å². The zero-order valence-corrected chi connectivity index (χ0v) is 14.2. The molecule has 0 saturated heterocycles. The lowest BCUT2D eigenvalue weighted by Gasteiger charge is -2.01. The Labute approximate surface area is 132 Å². The third-order valence-corrected chi connectivity index (χ3v) is 6.65. The third-order valence-electron chi connectivity index (χ3n) is 3.51. The molecule has 0 amide bonds. The summed E-state index contributed by atoms with van der Waals surface area (Å²) in [4.78, 5) is 4.29. The van der Waals surface area contributed by atoms with E-state index in [-0.39, 0.29) is 10.1 Å². The minimum atomic E-state index is -3.51. The van der Waals surface area contributed by atoms with Gasteiger partial charge in [-0.15, -0.1) is 11.3 Å². The summed E-state index contributed by atoms with van der Waals surface area (Å²) in [6.45, 7) is 5.63. The summed E-state index contributed by atoms with van der Waals surface area (Å²) in [6, 6.07) is 5.76. The maximum atomic E-state index is 12.7. The van der Waals surface area contributed by atoms with Crippen LogP contribution < -0.4 is 0 Å². The molecular weight excluding hydrogens is 320 g/mol. The number of fused-ring (bicyclic) bond motifs is 1. The topological polar surface area (TPSA) is 73.1 Å². The Kier molecular flexibility index (Phi) is 3.78. The van der Waals surface area contributed by atoms with E-state index < -0.39 is 9.84 Å². The lowest BCUT2D eigenvalue weighted by Crippen LogP contribution is -2.06. The van der Waals surface area contributed by atoms with Crippen molar-refractivity contribution in [2.24, 2.45) is 0 Å². The average molecular weight is 336 g/mol. The Morgan fingerprint density at radius 1 is 1.27 bits per heavy atom. The van der Waals surface area contributed by atoms with Crippen LogP contribution in [0.1, 0.15) is 29.5 Å². The number of thiazole rings is 1. The minimum absolute atomic E-state index is 0.121.